The van der Waals surface area contributed by atoms with E-state index >= 15 is 0 Å². The Balaban J connectivity index is 1.54. The molecule has 0 aliphatic carbocycles. The van der Waals surface area contributed by atoms with Gasteiger partial charge in [0.15, 0.2) is 6.61 Å². The van der Waals surface area contributed by atoms with Crippen LogP contribution in [0, 0.1) is 0 Å². The van der Waals surface area contributed by atoms with Crippen LogP contribution in [-0.4, -0.2) is 43.5 Å². The lowest BCUT2D eigenvalue weighted by Gasteiger charge is -2.28. The summed E-state index contributed by atoms with van der Waals surface area (Å²) < 4.78 is 39.4. The molecule has 33 heavy (non-hydrogen) atoms. The number of carbonyl (C=O) groups excluding carboxylic acids is 1. The quantitative estimate of drug-likeness (QED) is 0.513. The number of pyridine rings is 1. The number of carboxylic acids is 1. The van der Waals surface area contributed by atoms with E-state index in [1.165, 1.54) is 24.3 Å². The van der Waals surface area contributed by atoms with Gasteiger partial charge >= 0.3 is 5.97 Å². The molecule has 0 atom stereocenters. The van der Waals surface area contributed by atoms with Crippen LogP contribution in [0.4, 0.5) is 11.4 Å². The normalized spacial score (nSPS) is 13.1. The lowest BCUT2D eigenvalue weighted by atomic mass is 10.2. The molecule has 0 unspecified atom stereocenters. The minimum atomic E-state index is -4.06. The number of aliphatic carboxylic acids is 1. The minimum absolute atomic E-state index is 0.0731. The highest BCUT2D eigenvalue weighted by molar-refractivity contribution is 7.92. The van der Waals surface area contributed by atoms with E-state index in [2.05, 4.69) is 9.71 Å². The molecule has 1 aliphatic rings. The third-order valence-corrected chi connectivity index (χ3v) is 6.06. The summed E-state index contributed by atoms with van der Waals surface area (Å²) in [6.45, 7) is -0.715. The maximum absolute atomic E-state index is 13.0. The molecule has 1 aliphatic heterocycles. The molecule has 10 nitrogen and oxygen atoms in total. The summed E-state index contributed by atoms with van der Waals surface area (Å²) in [5, 5.41) is 9.09. The molecule has 2 aromatic carbocycles. The molecular formula is C22H19N3O7S. The highest BCUT2D eigenvalue weighted by Gasteiger charge is 2.29. The van der Waals surface area contributed by atoms with Gasteiger partial charge in [0.2, 0.25) is 0 Å². The molecule has 0 bridgehead atoms. The number of ether oxygens (including phenoxy) is 2. The molecule has 0 saturated carbocycles. The van der Waals surface area contributed by atoms with Crippen molar-refractivity contribution in [1.82, 2.24) is 4.98 Å². The fourth-order valence-corrected chi connectivity index (χ4v) is 4.23. The van der Waals surface area contributed by atoms with Crippen LogP contribution >= 0.6 is 0 Å². The number of carboxylic acid groups (broad SMARTS) is 1. The van der Waals surface area contributed by atoms with Gasteiger partial charge in [-0.25, -0.2) is 8.42 Å². The molecule has 0 radical (unpaired) electrons. The first-order valence-electron chi connectivity index (χ1n) is 9.76. The van der Waals surface area contributed by atoms with E-state index in [0.717, 1.165) is 10.6 Å². The number of rotatable bonds is 8. The van der Waals surface area contributed by atoms with E-state index in [4.69, 9.17) is 14.6 Å². The van der Waals surface area contributed by atoms with Crippen LogP contribution in [0.1, 0.15) is 5.69 Å². The number of aromatic nitrogens is 1. The molecular weight excluding hydrogens is 450 g/mol. The number of sulfonamides is 1. The number of nitrogens with zero attached hydrogens (tertiary/aromatic N) is 2. The molecule has 0 saturated heterocycles. The smallest absolute Gasteiger partial charge is 0.323 e. The van der Waals surface area contributed by atoms with Gasteiger partial charge in [0.25, 0.3) is 15.9 Å². The van der Waals surface area contributed by atoms with Crippen molar-refractivity contribution >= 4 is 33.3 Å². The third kappa shape index (κ3) is 5.21. The second-order valence-electron chi connectivity index (χ2n) is 7.03. The Morgan fingerprint density at radius 2 is 2.00 bits per heavy atom. The predicted octanol–water partition coefficient (Wildman–Crippen LogP) is 2.27. The fourth-order valence-electron chi connectivity index (χ4n) is 3.16. The van der Waals surface area contributed by atoms with Gasteiger partial charge in [0.05, 0.1) is 22.0 Å². The van der Waals surface area contributed by atoms with Gasteiger partial charge in [-0.1, -0.05) is 12.1 Å². The molecule has 1 aromatic heterocycles. The van der Waals surface area contributed by atoms with Gasteiger partial charge in [-0.15, -0.1) is 0 Å². The molecule has 0 fully saturated rings. The maximum Gasteiger partial charge on any atom is 0.323 e. The van der Waals surface area contributed by atoms with Crippen molar-refractivity contribution in [3.63, 3.8) is 0 Å². The molecule has 2 heterocycles. The third-order valence-electron chi connectivity index (χ3n) is 4.68. The van der Waals surface area contributed by atoms with Crippen LogP contribution in [0.15, 0.2) is 71.8 Å². The molecule has 4 rings (SSSR count). The lowest BCUT2D eigenvalue weighted by Crippen LogP contribution is -2.42. The Bertz CT molecular complexity index is 1300. The number of fused-ring (bicyclic) bond motifs is 1. The second kappa shape index (κ2) is 9.17. The van der Waals surface area contributed by atoms with Crippen LogP contribution in [-0.2, 0) is 26.2 Å². The Kier molecular flexibility index (Phi) is 6.13. The zero-order valence-corrected chi connectivity index (χ0v) is 18.0. The molecule has 0 spiro atoms. The van der Waals surface area contributed by atoms with Crippen LogP contribution in [0.2, 0.25) is 0 Å². The van der Waals surface area contributed by atoms with E-state index in [-0.39, 0.29) is 35.2 Å². The first kappa shape index (κ1) is 22.1. The van der Waals surface area contributed by atoms with Crippen molar-refractivity contribution in [2.45, 2.75) is 11.5 Å². The SMILES string of the molecule is O=C(O)CN1C(=O)COc2ccc(S(=O)(=O)Nc3cccc(OCc4ccccn4)c3)cc21. The van der Waals surface area contributed by atoms with Gasteiger partial charge < -0.3 is 14.6 Å². The van der Waals surface area contributed by atoms with E-state index < -0.39 is 28.4 Å². The Morgan fingerprint density at radius 3 is 2.76 bits per heavy atom. The summed E-state index contributed by atoms with van der Waals surface area (Å²) in [4.78, 5) is 28.2. The van der Waals surface area contributed by atoms with Crippen LogP contribution < -0.4 is 19.1 Å². The highest BCUT2D eigenvalue weighted by atomic mass is 32.2. The topological polar surface area (TPSA) is 135 Å². The average Bonchev–Trinajstić information content (AvgIpc) is 2.80. The number of nitrogens with one attached hydrogen (secondary N) is 1. The fraction of sp³-hybridized carbons (Fsp3) is 0.136. The average molecular weight is 469 g/mol. The number of hydrogen-bond acceptors (Lipinski definition) is 7. The first-order valence-corrected chi connectivity index (χ1v) is 11.2. The Hall–Kier alpha value is -4.12. The maximum atomic E-state index is 13.0. The molecule has 170 valence electrons. The Labute approximate surface area is 189 Å². The summed E-state index contributed by atoms with van der Waals surface area (Å²) in [6, 6.07) is 15.8. The van der Waals surface area contributed by atoms with Gasteiger partial charge in [0, 0.05) is 12.3 Å². The standard InChI is InChI=1S/C22H19N3O7S/c26-21-14-32-20-8-7-18(11-19(20)25(21)12-22(27)28)33(29,30)24-15-5-3-6-17(10-15)31-13-16-4-1-2-9-23-16/h1-11,24H,12-14H2,(H,27,28). The van der Waals surface area contributed by atoms with E-state index in [9.17, 15) is 18.0 Å². The molecule has 3 aromatic rings. The summed E-state index contributed by atoms with van der Waals surface area (Å²) in [5.74, 6) is -1.15. The molecule has 1 amide bonds. The van der Waals surface area contributed by atoms with Crippen molar-refractivity contribution < 1.29 is 32.6 Å². The Morgan fingerprint density at radius 1 is 1.15 bits per heavy atom. The molecule has 2 N–H and O–H groups in total. The zero-order chi connectivity index (χ0) is 23.4. The number of hydrogen-bond donors (Lipinski definition) is 2. The van der Waals surface area contributed by atoms with Crippen molar-refractivity contribution in [1.29, 1.82) is 0 Å². The summed E-state index contributed by atoms with van der Waals surface area (Å²) >= 11 is 0. The van der Waals surface area contributed by atoms with Crippen molar-refractivity contribution in [3.05, 3.63) is 72.6 Å². The zero-order valence-electron chi connectivity index (χ0n) is 17.2. The van der Waals surface area contributed by atoms with Crippen molar-refractivity contribution in [2.75, 3.05) is 22.8 Å². The van der Waals surface area contributed by atoms with Gasteiger partial charge in [-0.3, -0.25) is 24.2 Å². The van der Waals surface area contributed by atoms with Gasteiger partial charge in [-0.2, -0.15) is 0 Å². The van der Waals surface area contributed by atoms with Crippen LogP contribution in [0.25, 0.3) is 0 Å². The lowest BCUT2D eigenvalue weighted by molar-refractivity contribution is -0.137. The largest absolute Gasteiger partial charge is 0.487 e. The first-order chi connectivity index (χ1) is 15.8. The minimum Gasteiger partial charge on any atom is -0.487 e. The highest BCUT2D eigenvalue weighted by Crippen LogP contribution is 2.34. The molecule has 11 heteroatoms. The van der Waals surface area contributed by atoms with E-state index in [0.29, 0.717) is 5.75 Å². The van der Waals surface area contributed by atoms with Crippen molar-refractivity contribution in [3.8, 4) is 11.5 Å². The van der Waals surface area contributed by atoms with E-state index in [1.807, 2.05) is 12.1 Å². The summed E-state index contributed by atoms with van der Waals surface area (Å²) in [5.41, 5.74) is 1.06. The number of amides is 1. The van der Waals surface area contributed by atoms with Crippen LogP contribution in [0.5, 0.6) is 11.5 Å². The van der Waals surface area contributed by atoms with Crippen LogP contribution in [0.3, 0.4) is 0 Å². The second-order valence-corrected chi connectivity index (χ2v) is 8.72. The van der Waals surface area contributed by atoms with Gasteiger partial charge in [-0.05, 0) is 42.5 Å². The number of anilines is 2. The summed E-state index contributed by atoms with van der Waals surface area (Å²) in [6.07, 6.45) is 1.65. The monoisotopic (exact) mass is 469 g/mol. The van der Waals surface area contributed by atoms with E-state index in [1.54, 1.807) is 30.5 Å². The number of benzene rings is 2. The van der Waals surface area contributed by atoms with Gasteiger partial charge in [0.1, 0.15) is 24.7 Å². The number of carbonyl (C=O) groups is 2. The predicted molar refractivity (Wildman–Crippen MR) is 118 cm³/mol. The summed E-state index contributed by atoms with van der Waals surface area (Å²) in [7, 11) is -4.06. The van der Waals surface area contributed by atoms with Crippen molar-refractivity contribution in [2.24, 2.45) is 0 Å².